The molecule has 1 saturated carbocycles. The van der Waals surface area contributed by atoms with E-state index in [1.807, 2.05) is 0 Å². The zero-order valence-corrected chi connectivity index (χ0v) is 23.8. The summed E-state index contributed by atoms with van der Waals surface area (Å²) in [4.78, 5) is 11.6. The smallest absolute Gasteiger partial charge is 0.306 e. The van der Waals surface area contributed by atoms with E-state index in [4.69, 9.17) is 30.2 Å². The molecule has 0 spiro atoms. The summed E-state index contributed by atoms with van der Waals surface area (Å²) in [6.45, 7) is 16.7. The van der Waals surface area contributed by atoms with Crippen LogP contribution in [0.5, 0.6) is 0 Å². The van der Waals surface area contributed by atoms with Crippen LogP contribution >= 0.6 is 11.6 Å². The summed E-state index contributed by atoms with van der Waals surface area (Å²) in [5.41, 5.74) is 0. The number of rotatable bonds is 13. The van der Waals surface area contributed by atoms with E-state index < -0.39 is 8.32 Å². The van der Waals surface area contributed by atoms with Gasteiger partial charge in [-0.3, -0.25) is 4.79 Å². The molecule has 2 rings (SSSR count). The first-order chi connectivity index (χ1) is 16.0. The molecule has 0 bridgehead atoms. The number of carbonyl (C=O) groups is 1. The number of allylic oxidation sites excluding steroid dienone is 2. The highest BCUT2D eigenvalue weighted by Gasteiger charge is 2.46. The van der Waals surface area contributed by atoms with Gasteiger partial charge in [-0.05, 0) is 69.0 Å². The third-order valence-corrected chi connectivity index (χ3v) is 12.5. The van der Waals surface area contributed by atoms with E-state index in [1.54, 1.807) is 6.08 Å². The molecule has 0 aromatic heterocycles. The fraction of sp³-hybridized carbons (Fsp3) is 0.815. The van der Waals surface area contributed by atoms with Crippen LogP contribution in [0.15, 0.2) is 24.8 Å². The normalized spacial score (nSPS) is 28.4. The molecular weight excluding hydrogens is 468 g/mol. The van der Waals surface area contributed by atoms with Gasteiger partial charge in [0.15, 0.2) is 14.6 Å². The Kier molecular flexibility index (Phi) is 12.3. The highest BCUT2D eigenvalue weighted by Crippen LogP contribution is 2.43. The van der Waals surface area contributed by atoms with Gasteiger partial charge in [-0.15, -0.1) is 11.6 Å². The van der Waals surface area contributed by atoms with Crippen LogP contribution in [-0.2, 0) is 23.4 Å². The van der Waals surface area contributed by atoms with E-state index in [-0.39, 0.29) is 41.3 Å². The Bertz CT molecular complexity index is 654. The summed E-state index contributed by atoms with van der Waals surface area (Å²) >= 11 is 6.89. The van der Waals surface area contributed by atoms with Gasteiger partial charge in [0.2, 0.25) is 0 Å². The van der Waals surface area contributed by atoms with Crippen molar-refractivity contribution < 1.29 is 23.4 Å². The van der Waals surface area contributed by atoms with Crippen LogP contribution < -0.4 is 0 Å². The Morgan fingerprint density at radius 2 is 1.97 bits per heavy atom. The molecule has 1 aliphatic carbocycles. The summed E-state index contributed by atoms with van der Waals surface area (Å²) in [5, 5.41) is 0.219. The minimum Gasteiger partial charge on any atom is -0.461 e. The number of carbonyl (C=O) groups excluding carboxylic acids is 1. The van der Waals surface area contributed by atoms with Gasteiger partial charge in [0.1, 0.15) is 6.61 Å². The predicted octanol–water partition coefficient (Wildman–Crippen LogP) is 7.01. The maximum atomic E-state index is 11.6. The van der Waals surface area contributed by atoms with Crippen LogP contribution in [0.3, 0.4) is 0 Å². The summed E-state index contributed by atoms with van der Waals surface area (Å²) in [6.07, 6.45) is 12.9. The van der Waals surface area contributed by atoms with Crippen molar-refractivity contribution in [1.82, 2.24) is 0 Å². The largest absolute Gasteiger partial charge is 0.461 e. The van der Waals surface area contributed by atoms with Crippen molar-refractivity contribution in [2.75, 3.05) is 19.8 Å². The predicted molar refractivity (Wildman–Crippen MR) is 142 cm³/mol. The maximum Gasteiger partial charge on any atom is 0.306 e. The van der Waals surface area contributed by atoms with Gasteiger partial charge in [0.05, 0.1) is 6.10 Å². The Hall–Kier alpha value is -0.663. The molecule has 7 heteroatoms. The first-order valence-corrected chi connectivity index (χ1v) is 16.4. The summed E-state index contributed by atoms with van der Waals surface area (Å²) in [5.74, 6) is 0.382. The number of hydrogen-bond donors (Lipinski definition) is 0. The SMILES string of the molecule is C=CCOC(=O)CCC/C=C\C[C@@H]1[C@@H](CO[Si](C)(C)C(C)(C)C)[C@H](OC2CCCCO2)C[C@H]1Cl. The zero-order chi connectivity index (χ0) is 25.2. The van der Waals surface area contributed by atoms with Crippen molar-refractivity contribution in [3.05, 3.63) is 24.8 Å². The van der Waals surface area contributed by atoms with Gasteiger partial charge in [-0.2, -0.15) is 0 Å². The van der Waals surface area contributed by atoms with Gasteiger partial charge < -0.3 is 18.6 Å². The lowest BCUT2D eigenvalue weighted by molar-refractivity contribution is -0.197. The Morgan fingerprint density at radius 1 is 1.21 bits per heavy atom. The van der Waals surface area contributed by atoms with E-state index in [0.29, 0.717) is 18.9 Å². The second kappa shape index (κ2) is 14.2. The van der Waals surface area contributed by atoms with E-state index in [0.717, 1.165) is 51.6 Å². The lowest BCUT2D eigenvalue weighted by Crippen LogP contribution is -2.44. The number of halogens is 1. The lowest BCUT2D eigenvalue weighted by atomic mass is 9.92. The molecule has 1 unspecified atom stereocenters. The van der Waals surface area contributed by atoms with Crippen LogP contribution in [0.1, 0.15) is 72.1 Å². The monoisotopic (exact) mass is 514 g/mol. The Balaban J connectivity index is 1.95. The zero-order valence-electron chi connectivity index (χ0n) is 22.0. The van der Waals surface area contributed by atoms with Crippen molar-refractivity contribution in [3.63, 3.8) is 0 Å². The van der Waals surface area contributed by atoms with Crippen molar-refractivity contribution in [3.8, 4) is 0 Å². The average molecular weight is 515 g/mol. The van der Waals surface area contributed by atoms with Crippen LogP contribution in [-0.4, -0.2) is 51.9 Å². The molecule has 2 aliphatic rings. The lowest BCUT2D eigenvalue weighted by Gasteiger charge is -2.38. The third kappa shape index (κ3) is 9.42. The molecule has 0 N–H and O–H groups in total. The molecule has 1 aliphatic heterocycles. The second-order valence-electron chi connectivity index (χ2n) is 11.2. The summed E-state index contributed by atoms with van der Waals surface area (Å²) in [6, 6.07) is 0. The molecule has 0 aromatic rings. The number of hydrogen-bond acceptors (Lipinski definition) is 5. The van der Waals surface area contributed by atoms with Gasteiger partial charge in [0.25, 0.3) is 0 Å². The highest BCUT2D eigenvalue weighted by atomic mass is 35.5. The van der Waals surface area contributed by atoms with Crippen LogP contribution in [0, 0.1) is 11.8 Å². The Morgan fingerprint density at radius 3 is 2.62 bits per heavy atom. The first kappa shape index (κ1) is 29.6. The van der Waals surface area contributed by atoms with E-state index in [9.17, 15) is 4.79 Å². The number of alkyl halides is 1. The third-order valence-electron chi connectivity index (χ3n) is 7.55. The first-order valence-electron chi connectivity index (χ1n) is 13.0. The van der Waals surface area contributed by atoms with E-state index >= 15 is 0 Å². The average Bonchev–Trinajstić information content (AvgIpc) is 3.07. The molecule has 34 heavy (non-hydrogen) atoms. The molecular formula is C27H47ClO5Si. The van der Waals surface area contributed by atoms with Gasteiger partial charge in [0, 0.05) is 30.9 Å². The van der Waals surface area contributed by atoms with Crippen molar-refractivity contribution in [2.45, 2.75) is 108 Å². The van der Waals surface area contributed by atoms with Gasteiger partial charge in [-0.1, -0.05) is 45.6 Å². The van der Waals surface area contributed by atoms with Gasteiger partial charge in [-0.25, -0.2) is 0 Å². The molecule has 5 atom stereocenters. The second-order valence-corrected chi connectivity index (χ2v) is 16.6. The number of unbranched alkanes of at least 4 members (excludes halogenated alkanes) is 1. The number of ether oxygens (including phenoxy) is 3. The summed E-state index contributed by atoms with van der Waals surface area (Å²) < 4.78 is 24.0. The molecule has 1 heterocycles. The van der Waals surface area contributed by atoms with Crippen molar-refractivity contribution in [1.29, 1.82) is 0 Å². The molecule has 2 fully saturated rings. The molecule has 1 saturated heterocycles. The molecule has 0 radical (unpaired) electrons. The van der Waals surface area contributed by atoms with E-state index in [2.05, 4.69) is 52.6 Å². The topological polar surface area (TPSA) is 54.0 Å². The van der Waals surface area contributed by atoms with Crippen LogP contribution in [0.25, 0.3) is 0 Å². The molecule has 5 nitrogen and oxygen atoms in total. The summed E-state index contributed by atoms with van der Waals surface area (Å²) in [7, 11) is -1.87. The quantitative estimate of drug-likeness (QED) is 0.0869. The highest BCUT2D eigenvalue weighted by molar-refractivity contribution is 6.74. The fourth-order valence-corrected chi connectivity index (χ4v) is 5.83. The minimum absolute atomic E-state index is 0.0557. The van der Waals surface area contributed by atoms with Crippen LogP contribution in [0.4, 0.5) is 0 Å². The molecule has 0 amide bonds. The van der Waals surface area contributed by atoms with Crippen molar-refractivity contribution >= 4 is 25.9 Å². The molecule has 196 valence electrons. The Labute approximate surface area is 213 Å². The number of esters is 1. The maximum absolute atomic E-state index is 11.6. The van der Waals surface area contributed by atoms with Crippen LogP contribution in [0.2, 0.25) is 18.1 Å². The molecule has 0 aromatic carbocycles. The standard InChI is InChI=1S/C27H47ClO5Si/c1-7-17-30-25(29)15-11-9-8-10-14-21-22(20-32-34(5,6)27(2,3)4)24(19-23(21)28)33-26-16-12-13-18-31-26/h7-8,10,21-24,26H,1,9,11-20H2,2-6H3/b10-8-/t21-,22-,23-,24-,26?/m1/s1. The van der Waals surface area contributed by atoms with Crippen molar-refractivity contribution in [2.24, 2.45) is 11.8 Å². The fourth-order valence-electron chi connectivity index (χ4n) is 4.32. The minimum atomic E-state index is -1.87. The van der Waals surface area contributed by atoms with Gasteiger partial charge >= 0.3 is 5.97 Å². The van der Waals surface area contributed by atoms with E-state index in [1.165, 1.54) is 0 Å².